The van der Waals surface area contributed by atoms with Crippen LogP contribution < -0.4 is 19.5 Å². The average Bonchev–Trinajstić information content (AvgIpc) is 3.15. The summed E-state index contributed by atoms with van der Waals surface area (Å²) in [6.07, 6.45) is 1.49. The minimum absolute atomic E-state index is 0.111. The van der Waals surface area contributed by atoms with E-state index in [2.05, 4.69) is 5.32 Å². The molecule has 7 nitrogen and oxygen atoms in total. The summed E-state index contributed by atoms with van der Waals surface area (Å²) in [6.45, 7) is -0.115. The minimum atomic E-state index is -1.06. The number of nitrogens with one attached hydrogen (secondary N) is 1. The molecule has 1 aliphatic carbocycles. The van der Waals surface area contributed by atoms with Gasteiger partial charge in [-0.05, 0) is 61.1 Å². The van der Waals surface area contributed by atoms with Crippen molar-refractivity contribution >= 4 is 11.9 Å². The van der Waals surface area contributed by atoms with Crippen LogP contribution in [0.25, 0.3) is 11.1 Å². The summed E-state index contributed by atoms with van der Waals surface area (Å²) in [4.78, 5) is 24.2. The van der Waals surface area contributed by atoms with Gasteiger partial charge in [-0.3, -0.25) is 14.0 Å². The van der Waals surface area contributed by atoms with Crippen molar-refractivity contribution in [2.75, 3.05) is 20.9 Å². The molecule has 2 aromatic rings. The van der Waals surface area contributed by atoms with Crippen LogP contribution in [0.2, 0.25) is 0 Å². The molecule has 1 fully saturated rings. The van der Waals surface area contributed by atoms with Crippen molar-refractivity contribution in [3.63, 3.8) is 0 Å². The molecule has 1 saturated carbocycles. The Morgan fingerprint density at radius 3 is 2.52 bits per heavy atom. The molecule has 0 saturated heterocycles. The van der Waals surface area contributed by atoms with Crippen LogP contribution in [-0.4, -0.2) is 44.0 Å². The summed E-state index contributed by atoms with van der Waals surface area (Å²) >= 11 is 0. The number of carbonyl (C=O) groups excluding carboxylic acids is 1. The van der Waals surface area contributed by atoms with E-state index in [0.29, 0.717) is 47.8 Å². The minimum Gasteiger partial charge on any atom is -0.493 e. The Morgan fingerprint density at radius 1 is 1.15 bits per heavy atom. The van der Waals surface area contributed by atoms with E-state index in [-0.39, 0.29) is 18.7 Å². The lowest BCUT2D eigenvalue weighted by Crippen LogP contribution is -2.50. The van der Waals surface area contributed by atoms with E-state index in [1.807, 2.05) is 18.2 Å². The fraction of sp³-hybridized carbons (Fsp3) is 0.440. The average molecular weight is 457 g/mol. The Hall–Kier alpha value is -3.29. The van der Waals surface area contributed by atoms with Crippen molar-refractivity contribution in [2.24, 2.45) is 5.41 Å². The highest BCUT2D eigenvalue weighted by atomic mass is 19.1. The lowest BCUT2D eigenvalue weighted by molar-refractivity contribution is -0.164. The molecule has 1 amide bonds. The van der Waals surface area contributed by atoms with Gasteiger partial charge in [0.25, 0.3) is 5.91 Å². The smallest absolute Gasteiger partial charge is 0.313 e. The van der Waals surface area contributed by atoms with Crippen molar-refractivity contribution in [2.45, 2.75) is 44.8 Å². The summed E-state index contributed by atoms with van der Waals surface area (Å²) in [5.41, 5.74) is 1.91. The predicted octanol–water partition coefficient (Wildman–Crippen LogP) is 4.37. The number of halogens is 1. The second-order valence-corrected chi connectivity index (χ2v) is 8.48. The third kappa shape index (κ3) is 3.98. The van der Waals surface area contributed by atoms with Crippen molar-refractivity contribution in [1.29, 1.82) is 0 Å². The van der Waals surface area contributed by atoms with Crippen LogP contribution in [0.15, 0.2) is 30.3 Å². The maximum Gasteiger partial charge on any atom is 0.313 e. The highest BCUT2D eigenvalue weighted by Gasteiger charge is 2.52. The lowest BCUT2D eigenvalue weighted by Gasteiger charge is -2.44. The molecule has 1 aliphatic heterocycles. The number of aliphatic carboxylic acids is 1. The van der Waals surface area contributed by atoms with Crippen molar-refractivity contribution in [3.05, 3.63) is 41.5 Å². The van der Waals surface area contributed by atoms with Gasteiger partial charge in [-0.1, -0.05) is 12.5 Å². The number of methoxy groups -OCH3 is 2. The van der Waals surface area contributed by atoms with Gasteiger partial charge in [0.1, 0.15) is 11.5 Å². The van der Waals surface area contributed by atoms with Crippen LogP contribution in [-0.2, 0) is 11.3 Å². The maximum atomic E-state index is 13.1. The molecule has 1 unspecified atom stereocenters. The Bertz CT molecular complexity index is 1070. The van der Waals surface area contributed by atoms with Crippen LogP contribution in [0.3, 0.4) is 0 Å². The van der Waals surface area contributed by atoms with Gasteiger partial charge in [0.05, 0.1) is 20.9 Å². The third-order valence-corrected chi connectivity index (χ3v) is 6.75. The van der Waals surface area contributed by atoms with Crippen LogP contribution in [0.1, 0.15) is 48.0 Å². The molecule has 0 spiro atoms. The normalized spacial score (nSPS) is 16.9. The van der Waals surface area contributed by atoms with Gasteiger partial charge in [0, 0.05) is 17.7 Å². The van der Waals surface area contributed by atoms with Crippen molar-refractivity contribution in [1.82, 2.24) is 5.32 Å². The van der Waals surface area contributed by atoms with Gasteiger partial charge in [-0.2, -0.15) is 0 Å². The fourth-order valence-electron chi connectivity index (χ4n) is 4.73. The largest absolute Gasteiger partial charge is 0.493 e. The monoisotopic (exact) mass is 457 g/mol. The second kappa shape index (κ2) is 9.29. The number of carboxylic acid groups (broad SMARTS) is 1. The molecule has 0 radical (unpaired) electrons. The lowest BCUT2D eigenvalue weighted by atomic mass is 9.64. The summed E-state index contributed by atoms with van der Waals surface area (Å²) in [6, 6.07) is 9.07. The molecule has 33 heavy (non-hydrogen) atoms. The number of ether oxygens (including phenoxy) is 3. The summed E-state index contributed by atoms with van der Waals surface area (Å²) in [5.74, 6) is 0.0971. The molecule has 176 valence electrons. The predicted molar refractivity (Wildman–Crippen MR) is 120 cm³/mol. The topological polar surface area (TPSA) is 94.1 Å². The van der Waals surface area contributed by atoms with E-state index in [1.165, 1.54) is 14.2 Å². The van der Waals surface area contributed by atoms with Gasteiger partial charge in [-0.25, -0.2) is 0 Å². The van der Waals surface area contributed by atoms with E-state index in [4.69, 9.17) is 14.2 Å². The molecule has 1 atom stereocenters. The van der Waals surface area contributed by atoms with Crippen molar-refractivity contribution < 1.29 is 33.3 Å². The molecule has 1 heterocycles. The first-order valence-corrected chi connectivity index (χ1v) is 11.1. The molecule has 2 aliphatic rings. The number of rotatable bonds is 10. The van der Waals surface area contributed by atoms with E-state index in [0.717, 1.165) is 17.5 Å². The number of fused-ring (bicyclic) bond motifs is 1. The fourth-order valence-corrected chi connectivity index (χ4v) is 4.73. The number of carboxylic acids is 1. The summed E-state index contributed by atoms with van der Waals surface area (Å²) in [7, 11) is 3.01. The molecular formula is C25H28FNO6. The second-order valence-electron chi connectivity index (χ2n) is 8.48. The van der Waals surface area contributed by atoms with Crippen LogP contribution in [0.5, 0.6) is 17.2 Å². The van der Waals surface area contributed by atoms with Gasteiger partial charge >= 0.3 is 5.97 Å². The zero-order valence-electron chi connectivity index (χ0n) is 18.8. The summed E-state index contributed by atoms with van der Waals surface area (Å²) < 4.78 is 30.6. The standard InChI is InChI=1S/C25H28FNO6/c1-31-19-9-8-17(15-6-7-18-16(13-15)14-27-23(18)28)21(22(19)32-2)33-20(5-3-12-26)25(24(29)30)10-4-11-25/h6-9,13,20H,3-5,10-12,14H2,1-2H3,(H,27,28)(H,29,30). The first-order valence-electron chi connectivity index (χ1n) is 11.1. The maximum absolute atomic E-state index is 13.1. The first kappa shape index (κ1) is 22.9. The third-order valence-electron chi connectivity index (χ3n) is 6.75. The molecule has 0 aromatic heterocycles. The van der Waals surface area contributed by atoms with Crippen LogP contribution in [0.4, 0.5) is 4.39 Å². The van der Waals surface area contributed by atoms with Crippen molar-refractivity contribution in [3.8, 4) is 28.4 Å². The first-order chi connectivity index (χ1) is 15.9. The van der Waals surface area contributed by atoms with E-state index >= 15 is 0 Å². The Morgan fingerprint density at radius 2 is 1.91 bits per heavy atom. The Labute approximate surface area is 191 Å². The summed E-state index contributed by atoms with van der Waals surface area (Å²) in [5, 5.41) is 12.8. The highest BCUT2D eigenvalue weighted by Crippen LogP contribution is 2.51. The number of carbonyl (C=O) groups is 2. The van der Waals surface area contributed by atoms with Crippen LogP contribution >= 0.6 is 0 Å². The van der Waals surface area contributed by atoms with Crippen LogP contribution in [0, 0.1) is 5.41 Å². The molecular weight excluding hydrogens is 429 g/mol. The molecule has 0 bridgehead atoms. The van der Waals surface area contributed by atoms with E-state index < -0.39 is 24.2 Å². The number of hydrogen-bond donors (Lipinski definition) is 2. The zero-order valence-corrected chi connectivity index (χ0v) is 18.8. The van der Waals surface area contributed by atoms with E-state index in [9.17, 15) is 19.1 Å². The van der Waals surface area contributed by atoms with Gasteiger partial charge in [0.15, 0.2) is 11.5 Å². The molecule has 2 aromatic carbocycles. The van der Waals surface area contributed by atoms with Gasteiger partial charge in [0.2, 0.25) is 5.75 Å². The van der Waals surface area contributed by atoms with Gasteiger partial charge < -0.3 is 24.6 Å². The SMILES string of the molecule is COc1ccc(-c2ccc3c(c2)CNC3=O)c(OC(CCCF)C2(C(=O)O)CCC2)c1OC. The number of amides is 1. The molecule has 4 rings (SSSR count). The zero-order chi connectivity index (χ0) is 23.6. The number of alkyl halides is 1. The Balaban J connectivity index is 1.81. The quantitative estimate of drug-likeness (QED) is 0.550. The number of hydrogen-bond acceptors (Lipinski definition) is 5. The molecule has 2 N–H and O–H groups in total. The molecule has 8 heteroatoms. The number of benzene rings is 2. The Kier molecular flexibility index (Phi) is 6.44. The van der Waals surface area contributed by atoms with E-state index in [1.54, 1.807) is 12.1 Å². The van der Waals surface area contributed by atoms with Gasteiger partial charge in [-0.15, -0.1) is 0 Å². The highest BCUT2D eigenvalue weighted by molar-refractivity contribution is 5.99.